The molecule has 2 aromatic heterocycles. The Morgan fingerprint density at radius 3 is 3.13 bits per heavy atom. The Hall–Kier alpha value is -2.97. The first-order chi connectivity index (χ1) is 15.2. The summed E-state index contributed by atoms with van der Waals surface area (Å²) in [4.78, 5) is 18.9. The fraction of sp³-hybridized carbons (Fsp3) is 0.435. The number of aliphatic hydroxyl groups is 1. The quantitative estimate of drug-likeness (QED) is 0.510. The lowest BCUT2D eigenvalue weighted by Crippen LogP contribution is -2.43. The maximum absolute atomic E-state index is 12.3. The fourth-order valence-corrected chi connectivity index (χ4v) is 3.92. The Balaban J connectivity index is 1.21. The third kappa shape index (κ3) is 5.59. The molecule has 1 fully saturated rings. The molecular weight excluding hydrogens is 396 g/mol. The molecule has 31 heavy (non-hydrogen) atoms. The van der Waals surface area contributed by atoms with Crippen LogP contribution in [-0.4, -0.2) is 58.3 Å². The fourth-order valence-electron chi connectivity index (χ4n) is 3.92. The van der Waals surface area contributed by atoms with Gasteiger partial charge >= 0.3 is 0 Å². The largest absolute Gasteiger partial charge is 0.486 e. The number of fused-ring (bicyclic) bond motifs is 1. The SMILES string of the molecule is O=C(NCCCN1CCCC[C@@H]1CO)c1cc(COc2ccc3ncccc3c2)on1. The Bertz CT molecular complexity index is 1010. The monoisotopic (exact) mass is 424 g/mol. The van der Waals surface area contributed by atoms with Crippen molar-refractivity contribution < 1.29 is 19.2 Å². The van der Waals surface area contributed by atoms with Crippen molar-refractivity contribution >= 4 is 16.8 Å². The van der Waals surface area contributed by atoms with Crippen LogP contribution in [0, 0.1) is 0 Å². The predicted molar refractivity (Wildman–Crippen MR) is 116 cm³/mol. The van der Waals surface area contributed by atoms with E-state index in [9.17, 15) is 9.90 Å². The highest BCUT2D eigenvalue weighted by Gasteiger charge is 2.21. The first-order valence-corrected chi connectivity index (χ1v) is 10.8. The molecule has 1 saturated heterocycles. The van der Waals surface area contributed by atoms with E-state index >= 15 is 0 Å². The Labute approximate surface area is 181 Å². The molecule has 3 aromatic rings. The molecule has 1 aromatic carbocycles. The molecule has 4 rings (SSSR count). The van der Waals surface area contributed by atoms with Gasteiger partial charge in [-0.25, -0.2) is 0 Å². The molecule has 164 valence electrons. The van der Waals surface area contributed by atoms with Gasteiger partial charge in [0, 0.05) is 36.8 Å². The van der Waals surface area contributed by atoms with Crippen molar-refractivity contribution in [1.82, 2.24) is 20.4 Å². The van der Waals surface area contributed by atoms with Gasteiger partial charge in [0.15, 0.2) is 11.5 Å². The van der Waals surface area contributed by atoms with Crippen LogP contribution in [0.1, 0.15) is 41.9 Å². The number of benzene rings is 1. The Morgan fingerprint density at radius 1 is 1.29 bits per heavy atom. The zero-order valence-electron chi connectivity index (χ0n) is 17.5. The Morgan fingerprint density at radius 2 is 2.23 bits per heavy atom. The number of hydrogen-bond donors (Lipinski definition) is 2. The van der Waals surface area contributed by atoms with Crippen molar-refractivity contribution in [3.05, 3.63) is 54.0 Å². The van der Waals surface area contributed by atoms with Gasteiger partial charge in [-0.1, -0.05) is 17.6 Å². The highest BCUT2D eigenvalue weighted by atomic mass is 16.5. The van der Waals surface area contributed by atoms with Crippen molar-refractivity contribution in [1.29, 1.82) is 0 Å². The number of hydrogen-bond acceptors (Lipinski definition) is 7. The van der Waals surface area contributed by atoms with Crippen LogP contribution in [0.3, 0.4) is 0 Å². The van der Waals surface area contributed by atoms with E-state index in [1.807, 2.05) is 30.3 Å². The average Bonchev–Trinajstić information content (AvgIpc) is 3.30. The standard InChI is InChI=1S/C23H28N4O4/c28-15-18-6-1-2-11-27(18)12-4-10-25-23(29)22-14-20(31-26-22)16-30-19-7-8-21-17(13-19)5-3-9-24-21/h3,5,7-9,13-14,18,28H,1-2,4,6,10-12,15-16H2,(H,25,29)/t18-/m1/s1. The van der Waals surface area contributed by atoms with Gasteiger partial charge in [-0.3, -0.25) is 14.7 Å². The van der Waals surface area contributed by atoms with Gasteiger partial charge in [-0.15, -0.1) is 0 Å². The van der Waals surface area contributed by atoms with Crippen LogP contribution in [0.4, 0.5) is 0 Å². The lowest BCUT2D eigenvalue weighted by Gasteiger charge is -2.34. The number of pyridine rings is 1. The van der Waals surface area contributed by atoms with Crippen molar-refractivity contribution in [2.45, 2.75) is 38.3 Å². The van der Waals surface area contributed by atoms with Gasteiger partial charge in [-0.2, -0.15) is 0 Å². The minimum Gasteiger partial charge on any atom is -0.486 e. The second-order valence-corrected chi connectivity index (χ2v) is 7.80. The summed E-state index contributed by atoms with van der Waals surface area (Å²) in [6, 6.07) is 11.4. The maximum atomic E-state index is 12.3. The van der Waals surface area contributed by atoms with Crippen molar-refractivity contribution in [2.75, 3.05) is 26.2 Å². The summed E-state index contributed by atoms with van der Waals surface area (Å²) in [5, 5.41) is 17.2. The number of carbonyl (C=O) groups is 1. The smallest absolute Gasteiger partial charge is 0.273 e. The molecule has 0 aliphatic carbocycles. The van der Waals surface area contributed by atoms with Gasteiger partial charge in [-0.05, 0) is 50.1 Å². The molecule has 8 nitrogen and oxygen atoms in total. The van der Waals surface area contributed by atoms with Crippen molar-refractivity contribution in [3.8, 4) is 5.75 Å². The number of likely N-dealkylation sites (tertiary alicyclic amines) is 1. The number of rotatable bonds is 9. The van der Waals surface area contributed by atoms with Crippen LogP contribution in [0.15, 0.2) is 47.1 Å². The topological polar surface area (TPSA) is 101 Å². The van der Waals surface area contributed by atoms with E-state index in [1.54, 1.807) is 12.3 Å². The van der Waals surface area contributed by atoms with E-state index in [0.29, 0.717) is 18.1 Å². The number of ether oxygens (including phenoxy) is 1. The van der Waals surface area contributed by atoms with E-state index in [-0.39, 0.29) is 30.9 Å². The summed E-state index contributed by atoms with van der Waals surface area (Å²) in [5.74, 6) is 0.918. The lowest BCUT2D eigenvalue weighted by atomic mass is 10.0. The number of piperidine rings is 1. The molecule has 1 aliphatic rings. The van der Waals surface area contributed by atoms with Crippen LogP contribution in [0.2, 0.25) is 0 Å². The summed E-state index contributed by atoms with van der Waals surface area (Å²) < 4.78 is 11.0. The summed E-state index contributed by atoms with van der Waals surface area (Å²) in [6.45, 7) is 2.82. The second-order valence-electron chi connectivity index (χ2n) is 7.80. The molecular formula is C23H28N4O4. The highest BCUT2D eigenvalue weighted by Crippen LogP contribution is 2.20. The zero-order valence-corrected chi connectivity index (χ0v) is 17.5. The van der Waals surface area contributed by atoms with E-state index in [0.717, 1.165) is 36.8 Å². The summed E-state index contributed by atoms with van der Waals surface area (Å²) >= 11 is 0. The van der Waals surface area contributed by atoms with Gasteiger partial charge in [0.1, 0.15) is 12.4 Å². The molecule has 2 N–H and O–H groups in total. The molecule has 0 unspecified atom stereocenters. The van der Waals surface area contributed by atoms with Gasteiger partial charge in [0.25, 0.3) is 5.91 Å². The van der Waals surface area contributed by atoms with Crippen LogP contribution in [-0.2, 0) is 6.61 Å². The first kappa shape index (κ1) is 21.3. The third-order valence-corrected chi connectivity index (χ3v) is 5.61. The molecule has 0 saturated carbocycles. The number of amides is 1. The molecule has 0 radical (unpaired) electrons. The number of carbonyl (C=O) groups excluding carboxylic acids is 1. The minimum atomic E-state index is -0.260. The Kier molecular flexibility index (Phi) is 7.11. The van der Waals surface area contributed by atoms with Gasteiger partial charge in [0.2, 0.25) is 0 Å². The van der Waals surface area contributed by atoms with E-state index in [2.05, 4.69) is 20.4 Å². The lowest BCUT2D eigenvalue weighted by molar-refractivity contribution is 0.0865. The number of aliphatic hydroxyl groups excluding tert-OH is 1. The second kappa shape index (κ2) is 10.4. The summed E-state index contributed by atoms with van der Waals surface area (Å²) in [6.07, 6.45) is 5.97. The van der Waals surface area contributed by atoms with Crippen LogP contribution in [0.25, 0.3) is 10.9 Å². The molecule has 8 heteroatoms. The minimum absolute atomic E-state index is 0.184. The van der Waals surface area contributed by atoms with E-state index in [4.69, 9.17) is 9.26 Å². The molecule has 1 atom stereocenters. The molecule has 0 bridgehead atoms. The summed E-state index contributed by atoms with van der Waals surface area (Å²) in [7, 11) is 0. The number of nitrogens with one attached hydrogen (secondary N) is 1. The number of aromatic nitrogens is 2. The van der Waals surface area contributed by atoms with Crippen molar-refractivity contribution in [3.63, 3.8) is 0 Å². The molecule has 1 aliphatic heterocycles. The normalized spacial score (nSPS) is 17.0. The van der Waals surface area contributed by atoms with E-state index < -0.39 is 0 Å². The average molecular weight is 425 g/mol. The van der Waals surface area contributed by atoms with Gasteiger partial charge in [0.05, 0.1) is 12.1 Å². The third-order valence-electron chi connectivity index (χ3n) is 5.61. The van der Waals surface area contributed by atoms with Crippen LogP contribution >= 0.6 is 0 Å². The van der Waals surface area contributed by atoms with Crippen molar-refractivity contribution in [2.24, 2.45) is 0 Å². The summed E-state index contributed by atoms with van der Waals surface area (Å²) in [5.41, 5.74) is 1.15. The van der Waals surface area contributed by atoms with Crippen LogP contribution < -0.4 is 10.1 Å². The van der Waals surface area contributed by atoms with Gasteiger partial charge < -0.3 is 19.7 Å². The maximum Gasteiger partial charge on any atom is 0.273 e. The van der Waals surface area contributed by atoms with E-state index in [1.165, 1.54) is 12.8 Å². The predicted octanol–water partition coefficient (Wildman–Crippen LogP) is 2.77. The zero-order chi connectivity index (χ0) is 21.5. The molecule has 3 heterocycles. The number of nitrogens with zero attached hydrogens (tertiary/aromatic N) is 3. The first-order valence-electron chi connectivity index (χ1n) is 10.8. The van der Waals surface area contributed by atoms with Crippen LogP contribution in [0.5, 0.6) is 5.75 Å². The molecule has 0 spiro atoms. The molecule has 1 amide bonds. The highest BCUT2D eigenvalue weighted by molar-refractivity contribution is 5.92.